The maximum Gasteiger partial charge on any atom is 0.492 e. The molecule has 0 bridgehead atoms. The van der Waals surface area contributed by atoms with Gasteiger partial charge in [0.05, 0.1) is 18.3 Å². The highest BCUT2D eigenvalue weighted by atomic mass is 16.7. The Bertz CT molecular complexity index is 1390. The molecule has 1 aliphatic carbocycles. The van der Waals surface area contributed by atoms with Gasteiger partial charge >= 0.3 is 19.2 Å². The van der Waals surface area contributed by atoms with E-state index >= 15 is 0 Å². The van der Waals surface area contributed by atoms with E-state index in [1.807, 2.05) is 52.0 Å². The van der Waals surface area contributed by atoms with Crippen molar-refractivity contribution < 1.29 is 28.4 Å². The zero-order chi connectivity index (χ0) is 28.5. The number of carbonyl (C=O) groups is 2. The molecule has 40 heavy (non-hydrogen) atoms. The average Bonchev–Trinajstić information content (AvgIpc) is 3.38. The van der Waals surface area contributed by atoms with Crippen LogP contribution < -0.4 is 5.32 Å². The van der Waals surface area contributed by atoms with Crippen LogP contribution in [0.15, 0.2) is 66.4 Å². The van der Waals surface area contributed by atoms with Crippen LogP contribution in [0, 0.1) is 0 Å². The number of methoxy groups -OCH3 is 1. The van der Waals surface area contributed by atoms with Gasteiger partial charge in [0, 0.05) is 30.4 Å². The van der Waals surface area contributed by atoms with Crippen LogP contribution in [0.4, 0.5) is 4.79 Å². The molecule has 0 saturated carbocycles. The summed E-state index contributed by atoms with van der Waals surface area (Å²) in [4.78, 5) is 32.7. The lowest BCUT2D eigenvalue weighted by atomic mass is 9.77. The normalized spacial score (nSPS) is 17.2. The van der Waals surface area contributed by atoms with E-state index in [0.29, 0.717) is 11.0 Å². The molecule has 2 aromatic carbocycles. The Kier molecular flexibility index (Phi) is 7.48. The first-order chi connectivity index (χ1) is 19.1. The standard InChI is InChI=1S/C30H32BN3O6/c1-29(2)30(3,4)40-31(39-29)20(14-19-15-32-26(33-16-19)27(35)37-5)17-34-28(36)38-18-25-23-12-8-6-10-21(23)22-11-7-9-13-24(22)25/h6-16,25H,17-18H2,1-5H3,(H,34,36). The van der Waals surface area contributed by atoms with E-state index in [-0.39, 0.29) is 24.9 Å². The van der Waals surface area contributed by atoms with Gasteiger partial charge in [-0.15, -0.1) is 0 Å². The van der Waals surface area contributed by atoms with Crippen LogP contribution in [0.1, 0.15) is 60.9 Å². The molecular weight excluding hydrogens is 509 g/mol. The molecule has 0 spiro atoms. The number of nitrogens with zero attached hydrogens (tertiary/aromatic N) is 2. The van der Waals surface area contributed by atoms with Crippen molar-refractivity contribution in [2.24, 2.45) is 0 Å². The fraction of sp³-hybridized carbons (Fsp3) is 0.333. The Morgan fingerprint density at radius 3 is 2.05 bits per heavy atom. The van der Waals surface area contributed by atoms with Gasteiger partial charge in [-0.25, -0.2) is 19.6 Å². The molecule has 1 amide bonds. The quantitative estimate of drug-likeness (QED) is 0.335. The lowest BCUT2D eigenvalue weighted by Gasteiger charge is -2.32. The van der Waals surface area contributed by atoms with Crippen LogP contribution in [-0.2, 0) is 18.8 Å². The van der Waals surface area contributed by atoms with Crippen molar-refractivity contribution in [3.8, 4) is 11.1 Å². The van der Waals surface area contributed by atoms with Gasteiger partial charge in [-0.1, -0.05) is 54.6 Å². The maximum absolute atomic E-state index is 12.9. The molecule has 0 radical (unpaired) electrons. The Labute approximate surface area is 234 Å². The largest absolute Gasteiger partial charge is 0.492 e. The SMILES string of the molecule is COC(=O)c1ncc(C=C(CNC(=O)OCC2c3ccccc3-c3ccccc32)B2OC(C)(C)C(C)(C)O2)cn1. The predicted molar refractivity (Wildman–Crippen MR) is 151 cm³/mol. The molecule has 10 heteroatoms. The van der Waals surface area contributed by atoms with Gasteiger partial charge in [0.25, 0.3) is 0 Å². The summed E-state index contributed by atoms with van der Waals surface area (Å²) in [6.45, 7) is 8.13. The molecular formula is C30H32BN3O6. The molecule has 1 aliphatic heterocycles. The Morgan fingerprint density at radius 1 is 0.950 bits per heavy atom. The highest BCUT2D eigenvalue weighted by Gasteiger charge is 2.52. The summed E-state index contributed by atoms with van der Waals surface area (Å²) in [5.74, 6) is -0.714. The number of aromatic nitrogens is 2. The molecule has 206 valence electrons. The molecule has 2 heterocycles. The predicted octanol–water partition coefficient (Wildman–Crippen LogP) is 4.82. The monoisotopic (exact) mass is 541 g/mol. The third-order valence-electron chi connectivity index (χ3n) is 7.73. The number of amides is 1. The minimum absolute atomic E-state index is 0.0401. The van der Waals surface area contributed by atoms with Crippen molar-refractivity contribution in [3.63, 3.8) is 0 Å². The van der Waals surface area contributed by atoms with Crippen molar-refractivity contribution in [2.45, 2.75) is 44.8 Å². The van der Waals surface area contributed by atoms with E-state index in [2.05, 4.69) is 44.3 Å². The first-order valence-electron chi connectivity index (χ1n) is 13.1. The fourth-order valence-corrected chi connectivity index (χ4v) is 4.84. The van der Waals surface area contributed by atoms with Crippen molar-refractivity contribution >= 4 is 25.3 Å². The number of benzene rings is 2. The third-order valence-corrected chi connectivity index (χ3v) is 7.73. The summed E-state index contributed by atoms with van der Waals surface area (Å²) in [7, 11) is 0.546. The summed E-state index contributed by atoms with van der Waals surface area (Å²) in [5, 5.41) is 2.84. The molecule has 1 N–H and O–H groups in total. The van der Waals surface area contributed by atoms with Crippen molar-refractivity contribution in [3.05, 3.63) is 88.9 Å². The number of carbonyl (C=O) groups excluding carboxylic acids is 2. The summed E-state index contributed by atoms with van der Waals surface area (Å²) >= 11 is 0. The lowest BCUT2D eigenvalue weighted by molar-refractivity contribution is 0.00578. The highest BCUT2D eigenvalue weighted by molar-refractivity contribution is 6.56. The van der Waals surface area contributed by atoms with Crippen LogP contribution >= 0.6 is 0 Å². The van der Waals surface area contributed by atoms with Gasteiger partial charge in [0.1, 0.15) is 6.61 Å². The molecule has 3 aromatic rings. The Hall–Kier alpha value is -4.02. The van der Waals surface area contributed by atoms with Gasteiger partial charge in [-0.2, -0.15) is 0 Å². The van der Waals surface area contributed by atoms with Crippen LogP contribution in [0.25, 0.3) is 17.2 Å². The number of hydrogen-bond donors (Lipinski definition) is 1. The van der Waals surface area contributed by atoms with E-state index in [1.165, 1.54) is 30.6 Å². The fourth-order valence-electron chi connectivity index (χ4n) is 4.84. The second kappa shape index (κ2) is 10.9. The van der Waals surface area contributed by atoms with Crippen LogP contribution in [-0.4, -0.2) is 60.6 Å². The second-order valence-electron chi connectivity index (χ2n) is 10.8. The first-order valence-corrected chi connectivity index (χ1v) is 13.1. The summed E-state index contributed by atoms with van der Waals surface area (Å²) in [6.07, 6.45) is 4.21. The summed E-state index contributed by atoms with van der Waals surface area (Å²) in [5.41, 5.74) is 4.71. The number of alkyl carbamates (subject to hydrolysis) is 1. The van der Waals surface area contributed by atoms with Crippen LogP contribution in [0.5, 0.6) is 0 Å². The summed E-state index contributed by atoms with van der Waals surface area (Å²) < 4.78 is 22.8. The number of esters is 1. The molecule has 1 aromatic heterocycles. The third kappa shape index (κ3) is 5.37. The smallest absolute Gasteiger partial charge is 0.463 e. The van der Waals surface area contributed by atoms with Crippen molar-refractivity contribution in [2.75, 3.05) is 20.3 Å². The molecule has 2 aliphatic rings. The lowest BCUT2D eigenvalue weighted by Crippen LogP contribution is -2.41. The highest BCUT2D eigenvalue weighted by Crippen LogP contribution is 2.44. The Morgan fingerprint density at radius 2 is 1.50 bits per heavy atom. The van der Waals surface area contributed by atoms with Gasteiger partial charge in [-0.05, 0) is 55.4 Å². The number of rotatable bonds is 7. The Balaban J connectivity index is 1.30. The van der Waals surface area contributed by atoms with Crippen LogP contribution in [0.2, 0.25) is 0 Å². The number of fused-ring (bicyclic) bond motifs is 3. The van der Waals surface area contributed by atoms with E-state index in [1.54, 1.807) is 6.08 Å². The zero-order valence-electron chi connectivity index (χ0n) is 23.3. The summed E-state index contributed by atoms with van der Waals surface area (Å²) in [6, 6.07) is 16.4. The molecule has 1 fully saturated rings. The van der Waals surface area contributed by atoms with E-state index < -0.39 is 30.4 Å². The average molecular weight is 541 g/mol. The second-order valence-corrected chi connectivity index (χ2v) is 10.8. The topological polar surface area (TPSA) is 109 Å². The van der Waals surface area contributed by atoms with Gasteiger partial charge in [0.2, 0.25) is 5.82 Å². The molecule has 0 atom stereocenters. The maximum atomic E-state index is 12.9. The van der Waals surface area contributed by atoms with E-state index in [9.17, 15) is 9.59 Å². The van der Waals surface area contributed by atoms with Gasteiger partial charge in [-0.3, -0.25) is 0 Å². The molecule has 9 nitrogen and oxygen atoms in total. The number of ether oxygens (including phenoxy) is 2. The van der Waals surface area contributed by atoms with Gasteiger partial charge < -0.3 is 24.1 Å². The number of nitrogens with one attached hydrogen (secondary N) is 1. The minimum Gasteiger partial charge on any atom is -0.463 e. The van der Waals surface area contributed by atoms with Crippen LogP contribution in [0.3, 0.4) is 0 Å². The number of hydrogen-bond acceptors (Lipinski definition) is 8. The zero-order valence-corrected chi connectivity index (χ0v) is 23.3. The van der Waals surface area contributed by atoms with Crippen molar-refractivity contribution in [1.82, 2.24) is 15.3 Å². The first kappa shape index (κ1) is 27.5. The minimum atomic E-state index is -0.723. The van der Waals surface area contributed by atoms with Gasteiger partial charge in [0.15, 0.2) is 0 Å². The molecule has 0 unspecified atom stereocenters. The van der Waals surface area contributed by atoms with E-state index in [0.717, 1.165) is 11.1 Å². The van der Waals surface area contributed by atoms with Crippen molar-refractivity contribution in [1.29, 1.82) is 0 Å². The van der Waals surface area contributed by atoms with E-state index in [4.69, 9.17) is 14.0 Å². The molecule has 1 saturated heterocycles. The molecule has 5 rings (SSSR count).